The Kier molecular flexibility index (Phi) is 5.14. The van der Waals surface area contributed by atoms with Crippen LogP contribution in [0.2, 0.25) is 0 Å². The maximum absolute atomic E-state index is 14.8. The predicted octanol–water partition coefficient (Wildman–Crippen LogP) is 6.11. The molecule has 6 atom stereocenters. The average molecular weight is 465 g/mol. The number of aliphatic hydroxyl groups is 2. The van der Waals surface area contributed by atoms with Gasteiger partial charge in [0.15, 0.2) is 0 Å². The summed E-state index contributed by atoms with van der Waals surface area (Å²) in [5.41, 5.74) is 3.06. The molecular formula is C30H34F2O2. The number of aliphatic hydroxyl groups excluding tert-OH is 1. The van der Waals surface area contributed by atoms with Gasteiger partial charge in [-0.05, 0) is 105 Å². The summed E-state index contributed by atoms with van der Waals surface area (Å²) in [6, 6.07) is 3.02. The topological polar surface area (TPSA) is 40.5 Å². The van der Waals surface area contributed by atoms with E-state index in [0.29, 0.717) is 36.7 Å². The van der Waals surface area contributed by atoms with E-state index in [2.05, 4.69) is 18.8 Å². The summed E-state index contributed by atoms with van der Waals surface area (Å²) in [6.45, 7) is 3.65. The maximum atomic E-state index is 14.8. The largest absolute Gasteiger partial charge is 0.389 e. The highest BCUT2D eigenvalue weighted by molar-refractivity contribution is 5.50. The first-order valence-corrected chi connectivity index (χ1v) is 13.0. The van der Waals surface area contributed by atoms with Crippen LogP contribution in [0.4, 0.5) is 8.78 Å². The Labute approximate surface area is 201 Å². The highest BCUT2D eigenvalue weighted by atomic mass is 19.1. The fourth-order valence-corrected chi connectivity index (χ4v) is 7.60. The Morgan fingerprint density at radius 2 is 1.76 bits per heavy atom. The van der Waals surface area contributed by atoms with Crippen molar-refractivity contribution in [3.05, 3.63) is 57.7 Å². The van der Waals surface area contributed by atoms with E-state index >= 15 is 0 Å². The van der Waals surface area contributed by atoms with E-state index in [-0.39, 0.29) is 17.4 Å². The molecule has 0 spiro atoms. The number of halogens is 2. The van der Waals surface area contributed by atoms with E-state index in [1.165, 1.54) is 35.8 Å². The van der Waals surface area contributed by atoms with Crippen LogP contribution in [-0.2, 0) is 0 Å². The fourth-order valence-electron chi connectivity index (χ4n) is 7.60. The highest BCUT2D eigenvalue weighted by Gasteiger charge is 2.62. The van der Waals surface area contributed by atoms with Gasteiger partial charge in [0.1, 0.15) is 17.2 Å². The van der Waals surface area contributed by atoms with Crippen LogP contribution in [-0.4, -0.2) is 21.9 Å². The minimum Gasteiger partial charge on any atom is -0.389 e. The number of rotatable bonds is 1. The summed E-state index contributed by atoms with van der Waals surface area (Å²) in [4.78, 5) is 0. The minimum absolute atomic E-state index is 0.0514. The molecule has 3 saturated carbocycles. The maximum Gasteiger partial charge on any atom is 0.131 e. The van der Waals surface area contributed by atoms with Crippen molar-refractivity contribution in [3.8, 4) is 11.8 Å². The molecule has 180 valence electrons. The molecule has 0 bridgehead atoms. The molecule has 1 unspecified atom stereocenters. The summed E-state index contributed by atoms with van der Waals surface area (Å²) in [7, 11) is 0. The van der Waals surface area contributed by atoms with Gasteiger partial charge >= 0.3 is 0 Å². The molecular weight excluding hydrogens is 430 g/mol. The summed E-state index contributed by atoms with van der Waals surface area (Å²) in [6.07, 6.45) is 9.43. The minimum atomic E-state index is -1.06. The SMILES string of the molecule is Cc1c(F)cc([C@H]2C[C@@]3(C)[C@@H](CC[C@@]3(O)C#CC3CC3)[C@@H]3CCC4=CC(O)CCC4=C32)cc1F. The van der Waals surface area contributed by atoms with Crippen LogP contribution in [0.5, 0.6) is 0 Å². The lowest BCUT2D eigenvalue weighted by Crippen LogP contribution is -2.51. The van der Waals surface area contributed by atoms with Gasteiger partial charge in [0.05, 0.1) is 6.10 Å². The zero-order valence-electron chi connectivity index (χ0n) is 20.1. The Morgan fingerprint density at radius 3 is 2.47 bits per heavy atom. The van der Waals surface area contributed by atoms with Gasteiger partial charge < -0.3 is 10.2 Å². The number of hydrogen-bond acceptors (Lipinski definition) is 2. The lowest BCUT2D eigenvalue weighted by molar-refractivity contribution is -0.0514. The van der Waals surface area contributed by atoms with E-state index in [4.69, 9.17) is 0 Å². The van der Waals surface area contributed by atoms with Crippen LogP contribution in [0.25, 0.3) is 0 Å². The molecule has 0 saturated heterocycles. The van der Waals surface area contributed by atoms with Gasteiger partial charge in [-0.15, -0.1) is 0 Å². The third-order valence-electron chi connectivity index (χ3n) is 9.78. The highest BCUT2D eigenvalue weighted by Crippen LogP contribution is 2.66. The second-order valence-electron chi connectivity index (χ2n) is 11.7. The number of benzene rings is 1. The standard InChI is InChI=1S/C30H34F2O2/c1-17-26(31)14-20(15-27(17)32)24-16-29(2)25(10-12-30(29,34)11-9-18-3-4-18)23-7-5-19-13-21(33)6-8-22(19)28(23)24/h13-15,18,21,23-25,33-34H,3-8,10,12,16H2,1-2H3/t21?,23-,24+,25-,29-,30-/m0/s1. The molecule has 0 aromatic heterocycles. The van der Waals surface area contributed by atoms with Crippen LogP contribution in [0.1, 0.15) is 81.8 Å². The van der Waals surface area contributed by atoms with E-state index in [9.17, 15) is 19.0 Å². The Balaban J connectivity index is 1.51. The van der Waals surface area contributed by atoms with Gasteiger partial charge in [0, 0.05) is 22.8 Å². The first-order chi connectivity index (χ1) is 16.2. The Morgan fingerprint density at radius 1 is 1.03 bits per heavy atom. The van der Waals surface area contributed by atoms with Gasteiger partial charge in [-0.3, -0.25) is 0 Å². The van der Waals surface area contributed by atoms with Crippen molar-refractivity contribution in [1.82, 2.24) is 0 Å². The predicted molar refractivity (Wildman–Crippen MR) is 128 cm³/mol. The van der Waals surface area contributed by atoms with Crippen molar-refractivity contribution in [2.75, 3.05) is 0 Å². The second-order valence-corrected chi connectivity index (χ2v) is 11.7. The molecule has 0 amide bonds. The van der Waals surface area contributed by atoms with Crippen molar-refractivity contribution in [2.45, 2.75) is 89.3 Å². The normalized spacial score (nSPS) is 38.9. The van der Waals surface area contributed by atoms with Gasteiger partial charge in [-0.1, -0.05) is 30.4 Å². The van der Waals surface area contributed by atoms with Gasteiger partial charge in [-0.2, -0.15) is 0 Å². The van der Waals surface area contributed by atoms with E-state index in [1.807, 2.05) is 6.08 Å². The Hall–Kier alpha value is -1.96. The number of allylic oxidation sites excluding steroid dienone is 3. The lowest BCUT2D eigenvalue weighted by Gasteiger charge is -2.54. The molecule has 1 aromatic rings. The quantitative estimate of drug-likeness (QED) is 0.493. The zero-order chi connectivity index (χ0) is 23.8. The van der Waals surface area contributed by atoms with Crippen molar-refractivity contribution in [3.63, 3.8) is 0 Å². The number of hydrogen-bond donors (Lipinski definition) is 2. The van der Waals surface area contributed by atoms with E-state index in [0.717, 1.165) is 38.5 Å². The summed E-state index contributed by atoms with van der Waals surface area (Å²) >= 11 is 0. The molecule has 0 radical (unpaired) electrons. The molecule has 0 heterocycles. The summed E-state index contributed by atoms with van der Waals surface area (Å²) in [5, 5.41) is 22.2. The molecule has 3 fully saturated rings. The van der Waals surface area contributed by atoms with Crippen molar-refractivity contribution in [2.24, 2.45) is 23.2 Å². The smallest absolute Gasteiger partial charge is 0.131 e. The van der Waals surface area contributed by atoms with Crippen LogP contribution >= 0.6 is 0 Å². The first-order valence-electron chi connectivity index (χ1n) is 13.0. The Bertz CT molecular complexity index is 1140. The van der Waals surface area contributed by atoms with Gasteiger partial charge in [0.2, 0.25) is 0 Å². The molecule has 2 N–H and O–H groups in total. The molecule has 4 heteroatoms. The van der Waals surface area contributed by atoms with Gasteiger partial charge in [0.25, 0.3) is 0 Å². The summed E-state index contributed by atoms with van der Waals surface area (Å²) < 4.78 is 29.5. The third kappa shape index (κ3) is 3.34. The fraction of sp³-hybridized carbons (Fsp3) is 0.600. The zero-order valence-corrected chi connectivity index (χ0v) is 20.1. The van der Waals surface area contributed by atoms with E-state index < -0.39 is 28.8 Å². The van der Waals surface area contributed by atoms with Crippen molar-refractivity contribution < 1.29 is 19.0 Å². The second kappa shape index (κ2) is 7.77. The third-order valence-corrected chi connectivity index (χ3v) is 9.78. The molecule has 5 aliphatic rings. The summed E-state index contributed by atoms with van der Waals surface area (Å²) in [5.74, 6) is 6.47. The average Bonchev–Trinajstić information content (AvgIpc) is 3.59. The van der Waals surface area contributed by atoms with E-state index in [1.54, 1.807) is 0 Å². The van der Waals surface area contributed by atoms with Crippen LogP contribution in [0.3, 0.4) is 0 Å². The monoisotopic (exact) mass is 464 g/mol. The van der Waals surface area contributed by atoms with Gasteiger partial charge in [-0.25, -0.2) is 8.78 Å². The van der Waals surface area contributed by atoms with Crippen LogP contribution < -0.4 is 0 Å². The molecule has 6 rings (SSSR count). The molecule has 34 heavy (non-hydrogen) atoms. The van der Waals surface area contributed by atoms with Crippen molar-refractivity contribution in [1.29, 1.82) is 0 Å². The van der Waals surface area contributed by atoms with Crippen LogP contribution in [0.15, 0.2) is 34.9 Å². The molecule has 2 nitrogen and oxygen atoms in total. The first kappa shape index (κ1) is 22.5. The molecule has 0 aliphatic heterocycles. The lowest BCUT2D eigenvalue weighted by atomic mass is 9.51. The number of fused-ring (bicyclic) bond motifs is 4. The van der Waals surface area contributed by atoms with Crippen molar-refractivity contribution >= 4 is 0 Å². The van der Waals surface area contributed by atoms with Crippen LogP contribution in [0, 0.1) is 53.6 Å². The molecule has 5 aliphatic carbocycles. The molecule has 1 aromatic carbocycles.